The minimum atomic E-state index is -0.650. The second-order valence-electron chi connectivity index (χ2n) is 7.05. The van der Waals surface area contributed by atoms with Crippen LogP contribution in [0.2, 0.25) is 0 Å². The number of imidazole rings is 1. The van der Waals surface area contributed by atoms with Gasteiger partial charge in [0.15, 0.2) is 11.2 Å². The Morgan fingerprint density at radius 1 is 1.17 bits per heavy atom. The number of aryl methyl sites for hydroxylation is 2. The first-order chi connectivity index (χ1) is 14.4. The van der Waals surface area contributed by atoms with Gasteiger partial charge in [-0.2, -0.15) is 4.98 Å². The van der Waals surface area contributed by atoms with E-state index in [0.717, 1.165) is 11.0 Å². The van der Waals surface area contributed by atoms with Crippen molar-refractivity contribution in [2.75, 3.05) is 29.9 Å². The maximum absolute atomic E-state index is 12.9. The highest BCUT2D eigenvalue weighted by Crippen LogP contribution is 2.23. The first kappa shape index (κ1) is 19.7. The number of halogens is 1. The number of hydrogen-bond acceptors (Lipinski definition) is 6. The van der Waals surface area contributed by atoms with E-state index in [1.165, 1.54) is 35.9 Å². The van der Waals surface area contributed by atoms with Gasteiger partial charge in [-0.1, -0.05) is 0 Å². The molecule has 0 saturated carbocycles. The molecule has 4 rings (SSSR count). The second kappa shape index (κ2) is 7.65. The number of carbonyl (C=O) groups is 1. The summed E-state index contributed by atoms with van der Waals surface area (Å²) in [5.74, 6) is 0.173. The fourth-order valence-electron chi connectivity index (χ4n) is 3.56. The van der Waals surface area contributed by atoms with E-state index in [-0.39, 0.29) is 12.2 Å². The van der Waals surface area contributed by atoms with Gasteiger partial charge in [0, 0.05) is 32.9 Å². The Hall–Kier alpha value is -3.63. The summed E-state index contributed by atoms with van der Waals surface area (Å²) in [6.45, 7) is 1.75. The van der Waals surface area contributed by atoms with Crippen LogP contribution in [0.3, 0.4) is 0 Å². The molecule has 0 saturated heterocycles. The van der Waals surface area contributed by atoms with Crippen molar-refractivity contribution in [1.29, 1.82) is 0 Å². The van der Waals surface area contributed by atoms with Gasteiger partial charge in [0.1, 0.15) is 12.4 Å². The third-order valence-electron chi connectivity index (χ3n) is 5.11. The van der Waals surface area contributed by atoms with Crippen molar-refractivity contribution < 1.29 is 13.9 Å². The summed E-state index contributed by atoms with van der Waals surface area (Å²) in [5.41, 5.74) is 0.325. The lowest BCUT2D eigenvalue weighted by atomic mass is 10.3. The molecule has 2 aromatic heterocycles. The summed E-state index contributed by atoms with van der Waals surface area (Å²) < 4.78 is 22.4. The zero-order chi connectivity index (χ0) is 21.4. The van der Waals surface area contributed by atoms with E-state index in [0.29, 0.717) is 42.4 Å². The first-order valence-corrected chi connectivity index (χ1v) is 9.47. The predicted octanol–water partition coefficient (Wildman–Crippen LogP) is 1.03. The normalized spacial score (nSPS) is 13.4. The molecule has 0 fully saturated rings. The number of nitrogens with one attached hydrogen (secondary N) is 1. The Morgan fingerprint density at radius 3 is 2.63 bits per heavy atom. The molecule has 11 heteroatoms. The average Bonchev–Trinajstić information content (AvgIpc) is 3.13. The van der Waals surface area contributed by atoms with Gasteiger partial charge in [0.2, 0.25) is 5.95 Å². The highest BCUT2D eigenvalue weighted by Gasteiger charge is 2.25. The lowest BCUT2D eigenvalue weighted by Gasteiger charge is -2.28. The molecule has 0 aliphatic carbocycles. The van der Waals surface area contributed by atoms with Crippen LogP contribution in [0.1, 0.15) is 6.42 Å². The first-order valence-electron chi connectivity index (χ1n) is 9.47. The Kier molecular flexibility index (Phi) is 5.02. The predicted molar refractivity (Wildman–Crippen MR) is 108 cm³/mol. The van der Waals surface area contributed by atoms with E-state index in [1.807, 2.05) is 4.90 Å². The molecule has 3 heterocycles. The molecule has 1 N–H and O–H groups in total. The number of anilines is 2. The monoisotopic (exact) mass is 416 g/mol. The van der Waals surface area contributed by atoms with Crippen LogP contribution in [-0.2, 0) is 25.4 Å². The Morgan fingerprint density at radius 2 is 1.90 bits per heavy atom. The summed E-state index contributed by atoms with van der Waals surface area (Å²) in [6, 6.07) is 5.36. The van der Waals surface area contributed by atoms with E-state index in [9.17, 15) is 18.8 Å². The summed E-state index contributed by atoms with van der Waals surface area (Å²) in [5, 5.41) is 2.53. The van der Waals surface area contributed by atoms with Gasteiger partial charge in [-0.3, -0.25) is 19.2 Å². The van der Waals surface area contributed by atoms with Gasteiger partial charge in [-0.05, 0) is 30.7 Å². The molecule has 1 aliphatic heterocycles. The summed E-state index contributed by atoms with van der Waals surface area (Å²) in [7, 11) is 3.02. The zero-order valence-electron chi connectivity index (χ0n) is 16.6. The molecular formula is C19H21FN6O4. The number of rotatable bonds is 4. The minimum Gasteiger partial charge on any atom is -0.447 e. The Balaban J connectivity index is 1.48. The zero-order valence-corrected chi connectivity index (χ0v) is 16.6. The molecule has 1 aromatic carbocycles. The fraction of sp³-hybridized carbons (Fsp3) is 0.368. The molecule has 30 heavy (non-hydrogen) atoms. The topological polar surface area (TPSA) is 103 Å². The van der Waals surface area contributed by atoms with Crippen molar-refractivity contribution >= 4 is 28.9 Å². The van der Waals surface area contributed by atoms with Gasteiger partial charge in [0.25, 0.3) is 5.56 Å². The quantitative estimate of drug-likeness (QED) is 0.682. The van der Waals surface area contributed by atoms with Crippen LogP contribution in [0.4, 0.5) is 20.8 Å². The molecule has 1 amide bonds. The lowest BCUT2D eigenvalue weighted by molar-refractivity contribution is 0.164. The van der Waals surface area contributed by atoms with Crippen molar-refractivity contribution in [3.63, 3.8) is 0 Å². The van der Waals surface area contributed by atoms with Gasteiger partial charge in [-0.25, -0.2) is 14.0 Å². The van der Waals surface area contributed by atoms with Gasteiger partial charge < -0.3 is 14.2 Å². The third-order valence-corrected chi connectivity index (χ3v) is 5.11. The van der Waals surface area contributed by atoms with Gasteiger partial charge in [-0.15, -0.1) is 0 Å². The molecule has 0 unspecified atom stereocenters. The maximum atomic E-state index is 12.9. The summed E-state index contributed by atoms with van der Waals surface area (Å²) in [4.78, 5) is 43.2. The largest absolute Gasteiger partial charge is 0.447 e. The summed E-state index contributed by atoms with van der Waals surface area (Å²) in [6.07, 6.45) is 0.134. The third kappa shape index (κ3) is 3.42. The highest BCUT2D eigenvalue weighted by atomic mass is 19.1. The van der Waals surface area contributed by atoms with Crippen LogP contribution in [0.25, 0.3) is 11.2 Å². The standard InChI is InChI=1S/C19H21FN6O4/c1-23-15-14(16(27)24(2)19(23)29)26-9-3-8-25(17(26)22-15)10-11-30-18(28)21-13-6-4-12(20)5-7-13/h4-7H,3,8-11H2,1-2H3,(H,21,28). The van der Waals surface area contributed by atoms with Crippen LogP contribution in [-0.4, -0.2) is 44.5 Å². The van der Waals surface area contributed by atoms with Crippen LogP contribution >= 0.6 is 0 Å². The van der Waals surface area contributed by atoms with Crippen molar-refractivity contribution in [3.8, 4) is 0 Å². The fourth-order valence-corrected chi connectivity index (χ4v) is 3.56. The van der Waals surface area contributed by atoms with Crippen LogP contribution in [0.5, 0.6) is 0 Å². The number of fused-ring (bicyclic) bond motifs is 3. The van der Waals surface area contributed by atoms with E-state index in [4.69, 9.17) is 4.74 Å². The van der Waals surface area contributed by atoms with Crippen molar-refractivity contribution in [1.82, 2.24) is 18.7 Å². The average molecular weight is 416 g/mol. The second-order valence-corrected chi connectivity index (χ2v) is 7.05. The van der Waals surface area contributed by atoms with Crippen molar-refractivity contribution in [2.45, 2.75) is 13.0 Å². The molecule has 158 valence electrons. The summed E-state index contributed by atoms with van der Waals surface area (Å²) >= 11 is 0. The van der Waals surface area contributed by atoms with Gasteiger partial charge in [0.05, 0.1) is 6.54 Å². The number of amides is 1. The SMILES string of the molecule is Cn1c(=O)c2c(nc3n2CCCN3CCOC(=O)Nc2ccc(F)cc2)n(C)c1=O. The highest BCUT2D eigenvalue weighted by molar-refractivity contribution is 5.84. The van der Waals surface area contributed by atoms with E-state index >= 15 is 0 Å². The van der Waals surface area contributed by atoms with Crippen molar-refractivity contribution in [3.05, 3.63) is 50.9 Å². The molecule has 3 aromatic rings. The van der Waals surface area contributed by atoms with Gasteiger partial charge >= 0.3 is 11.8 Å². The van der Waals surface area contributed by atoms with E-state index in [1.54, 1.807) is 11.6 Å². The van der Waals surface area contributed by atoms with Crippen LogP contribution < -0.4 is 21.5 Å². The molecule has 1 aliphatic rings. The van der Waals surface area contributed by atoms with Crippen LogP contribution in [0.15, 0.2) is 33.9 Å². The minimum absolute atomic E-state index is 0.0905. The molecule has 0 bridgehead atoms. The number of carbonyl (C=O) groups excluding carboxylic acids is 1. The number of aromatic nitrogens is 4. The smallest absolute Gasteiger partial charge is 0.411 e. The lowest BCUT2D eigenvalue weighted by Crippen LogP contribution is -2.38. The van der Waals surface area contributed by atoms with Crippen molar-refractivity contribution in [2.24, 2.45) is 14.1 Å². The Labute approximate surface area is 170 Å². The maximum Gasteiger partial charge on any atom is 0.411 e. The number of benzene rings is 1. The van der Waals surface area contributed by atoms with E-state index in [2.05, 4.69) is 10.3 Å². The Bertz CT molecular complexity index is 1230. The molecule has 0 atom stereocenters. The molecule has 0 radical (unpaired) electrons. The molecule has 0 spiro atoms. The number of hydrogen-bond donors (Lipinski definition) is 1. The van der Waals surface area contributed by atoms with E-state index < -0.39 is 17.6 Å². The molecule has 10 nitrogen and oxygen atoms in total. The number of nitrogens with zero attached hydrogens (tertiary/aromatic N) is 5. The number of ether oxygens (including phenoxy) is 1. The molecular weight excluding hydrogens is 395 g/mol. The van der Waals surface area contributed by atoms with Crippen LogP contribution in [0, 0.1) is 5.82 Å².